The highest BCUT2D eigenvalue weighted by atomic mass is 79.9. The number of hydrogen-bond donors (Lipinski definition) is 0. The first-order valence-electron chi connectivity index (χ1n) is 5.75. The van der Waals surface area contributed by atoms with Gasteiger partial charge in [0, 0.05) is 29.0 Å². The quantitative estimate of drug-likeness (QED) is 0.846. The van der Waals surface area contributed by atoms with Gasteiger partial charge in [-0.2, -0.15) is 0 Å². The van der Waals surface area contributed by atoms with Crippen LogP contribution in [0.15, 0.2) is 40.6 Å². The molecule has 0 amide bonds. The average molecular weight is 295 g/mol. The maximum atomic E-state index is 11.4. The van der Waals surface area contributed by atoms with Crippen LogP contribution in [-0.4, -0.2) is 5.78 Å². The zero-order chi connectivity index (χ0) is 12.3. The summed E-state index contributed by atoms with van der Waals surface area (Å²) in [5.41, 5.74) is 1.10. The van der Waals surface area contributed by atoms with E-state index in [4.69, 9.17) is 4.74 Å². The largest absolute Gasteiger partial charge is 0.493 e. The van der Waals surface area contributed by atoms with Crippen LogP contribution >= 0.6 is 15.9 Å². The van der Waals surface area contributed by atoms with Crippen molar-refractivity contribution in [1.82, 2.24) is 0 Å². The predicted octanol–water partition coefficient (Wildman–Crippen LogP) is 3.85. The van der Waals surface area contributed by atoms with Gasteiger partial charge in [-0.1, -0.05) is 41.1 Å². The minimum atomic E-state index is 0.172. The molecule has 90 valence electrons. The molecular formula is C14H15BrO2. The van der Waals surface area contributed by atoms with Gasteiger partial charge in [0.25, 0.3) is 0 Å². The summed E-state index contributed by atoms with van der Waals surface area (Å²) < 4.78 is 6.74. The Morgan fingerprint density at radius 2 is 2.12 bits per heavy atom. The van der Waals surface area contributed by atoms with Crippen molar-refractivity contribution < 1.29 is 9.53 Å². The summed E-state index contributed by atoms with van der Waals surface area (Å²) in [5.74, 6) is 1.37. The molecule has 1 unspecified atom stereocenters. The van der Waals surface area contributed by atoms with Crippen molar-refractivity contribution in [3.05, 3.63) is 46.1 Å². The molecule has 0 bridgehead atoms. The fourth-order valence-corrected chi connectivity index (χ4v) is 2.34. The Kier molecular flexibility index (Phi) is 4.00. The number of ether oxygens (including phenoxy) is 1. The Hall–Kier alpha value is -1.09. The topological polar surface area (TPSA) is 26.3 Å². The second-order valence-corrected chi connectivity index (χ2v) is 5.32. The van der Waals surface area contributed by atoms with E-state index in [1.165, 1.54) is 0 Å². The van der Waals surface area contributed by atoms with Gasteiger partial charge in [0.15, 0.2) is 5.78 Å². The average Bonchev–Trinajstić information content (AvgIpc) is 2.27. The molecule has 0 fully saturated rings. The normalized spacial score (nSPS) is 20.0. The van der Waals surface area contributed by atoms with E-state index in [1.807, 2.05) is 24.3 Å². The van der Waals surface area contributed by atoms with E-state index in [1.54, 1.807) is 6.08 Å². The summed E-state index contributed by atoms with van der Waals surface area (Å²) in [6.07, 6.45) is 3.13. The molecule has 0 aromatic heterocycles. The molecule has 0 radical (unpaired) electrons. The van der Waals surface area contributed by atoms with Gasteiger partial charge in [-0.05, 0) is 12.0 Å². The molecule has 3 heteroatoms. The van der Waals surface area contributed by atoms with Crippen LogP contribution in [0.3, 0.4) is 0 Å². The molecule has 17 heavy (non-hydrogen) atoms. The number of ketones is 1. The summed E-state index contributed by atoms with van der Waals surface area (Å²) in [6.45, 7) is 2.58. The lowest BCUT2D eigenvalue weighted by Gasteiger charge is -2.19. The van der Waals surface area contributed by atoms with Crippen LogP contribution in [0.4, 0.5) is 0 Å². The Morgan fingerprint density at radius 1 is 1.35 bits per heavy atom. The predicted molar refractivity (Wildman–Crippen MR) is 70.4 cm³/mol. The third kappa shape index (κ3) is 3.43. The third-order valence-corrected chi connectivity index (χ3v) is 3.57. The first-order valence-corrected chi connectivity index (χ1v) is 6.54. The highest BCUT2D eigenvalue weighted by molar-refractivity contribution is 9.10. The van der Waals surface area contributed by atoms with Crippen LogP contribution in [0.2, 0.25) is 0 Å². The fourth-order valence-electron chi connectivity index (χ4n) is 1.94. The minimum absolute atomic E-state index is 0.172. The smallest absolute Gasteiger partial charge is 0.159 e. The Morgan fingerprint density at radius 3 is 2.82 bits per heavy atom. The number of benzene rings is 1. The fraction of sp³-hybridized carbons (Fsp3) is 0.357. The van der Waals surface area contributed by atoms with Crippen LogP contribution < -0.4 is 0 Å². The summed E-state index contributed by atoms with van der Waals surface area (Å²) >= 11 is 3.48. The van der Waals surface area contributed by atoms with E-state index in [0.29, 0.717) is 18.9 Å². The zero-order valence-electron chi connectivity index (χ0n) is 9.78. The molecule has 0 N–H and O–H groups in total. The van der Waals surface area contributed by atoms with Gasteiger partial charge in [0.1, 0.15) is 12.4 Å². The summed E-state index contributed by atoms with van der Waals surface area (Å²) in [4.78, 5) is 11.4. The lowest BCUT2D eigenvalue weighted by Crippen LogP contribution is -2.13. The minimum Gasteiger partial charge on any atom is -0.493 e. The first-order chi connectivity index (χ1) is 8.15. The summed E-state index contributed by atoms with van der Waals surface area (Å²) in [5, 5.41) is 0. The molecule has 1 aliphatic carbocycles. The van der Waals surface area contributed by atoms with E-state index >= 15 is 0 Å². The van der Waals surface area contributed by atoms with Crippen LogP contribution in [0.5, 0.6) is 0 Å². The molecule has 0 saturated heterocycles. The van der Waals surface area contributed by atoms with Crippen molar-refractivity contribution >= 4 is 21.7 Å². The van der Waals surface area contributed by atoms with E-state index in [9.17, 15) is 4.79 Å². The second-order valence-electron chi connectivity index (χ2n) is 4.47. The first kappa shape index (κ1) is 12.4. The van der Waals surface area contributed by atoms with Gasteiger partial charge in [-0.3, -0.25) is 4.79 Å². The third-order valence-electron chi connectivity index (χ3n) is 2.79. The van der Waals surface area contributed by atoms with Crippen molar-refractivity contribution in [2.75, 3.05) is 0 Å². The SMILES string of the molecule is CC1CC(=O)C=C(OCc2ccccc2Br)C1. The van der Waals surface area contributed by atoms with Crippen molar-refractivity contribution in [3.63, 3.8) is 0 Å². The Balaban J connectivity index is 1.99. The summed E-state index contributed by atoms with van der Waals surface area (Å²) in [7, 11) is 0. The number of carbonyl (C=O) groups is 1. The standard InChI is InChI=1S/C14H15BrO2/c1-10-6-12(16)8-13(7-10)17-9-11-4-2-3-5-14(11)15/h2-5,8,10H,6-7,9H2,1H3. The molecule has 1 aromatic rings. The van der Waals surface area contributed by atoms with Crippen LogP contribution in [0, 0.1) is 5.92 Å². The molecular weight excluding hydrogens is 280 g/mol. The number of rotatable bonds is 3. The maximum Gasteiger partial charge on any atom is 0.159 e. The van der Waals surface area contributed by atoms with Gasteiger partial charge in [0.05, 0.1) is 0 Å². The molecule has 2 nitrogen and oxygen atoms in total. The van der Waals surface area contributed by atoms with Crippen molar-refractivity contribution in [3.8, 4) is 0 Å². The lowest BCUT2D eigenvalue weighted by atomic mass is 9.94. The Bertz CT molecular complexity index is 451. The van der Waals surface area contributed by atoms with Gasteiger partial charge in [-0.15, -0.1) is 0 Å². The lowest BCUT2D eigenvalue weighted by molar-refractivity contribution is -0.116. The molecule has 0 saturated carbocycles. The molecule has 1 aliphatic rings. The van der Waals surface area contributed by atoms with Gasteiger partial charge in [-0.25, -0.2) is 0 Å². The zero-order valence-corrected chi connectivity index (χ0v) is 11.4. The van der Waals surface area contributed by atoms with E-state index in [2.05, 4.69) is 22.9 Å². The van der Waals surface area contributed by atoms with Gasteiger partial charge < -0.3 is 4.74 Å². The number of carbonyl (C=O) groups excluding carboxylic acids is 1. The van der Waals surface area contributed by atoms with Crippen molar-refractivity contribution in [1.29, 1.82) is 0 Å². The van der Waals surface area contributed by atoms with E-state index in [0.717, 1.165) is 22.2 Å². The monoisotopic (exact) mass is 294 g/mol. The Labute approximate surface area is 110 Å². The van der Waals surface area contributed by atoms with Crippen LogP contribution in [0.1, 0.15) is 25.3 Å². The number of hydrogen-bond acceptors (Lipinski definition) is 2. The summed E-state index contributed by atoms with van der Waals surface area (Å²) in [6, 6.07) is 7.95. The van der Waals surface area contributed by atoms with Gasteiger partial charge >= 0.3 is 0 Å². The van der Waals surface area contributed by atoms with Crippen molar-refractivity contribution in [2.24, 2.45) is 5.92 Å². The molecule has 2 rings (SSSR count). The molecule has 0 heterocycles. The van der Waals surface area contributed by atoms with Crippen LogP contribution in [0.25, 0.3) is 0 Å². The maximum absolute atomic E-state index is 11.4. The van der Waals surface area contributed by atoms with E-state index in [-0.39, 0.29) is 5.78 Å². The highest BCUT2D eigenvalue weighted by Crippen LogP contribution is 2.24. The second kappa shape index (κ2) is 5.50. The molecule has 1 atom stereocenters. The van der Waals surface area contributed by atoms with Gasteiger partial charge in [0.2, 0.25) is 0 Å². The molecule has 0 spiro atoms. The van der Waals surface area contributed by atoms with Crippen LogP contribution in [-0.2, 0) is 16.1 Å². The van der Waals surface area contributed by atoms with Crippen molar-refractivity contribution in [2.45, 2.75) is 26.4 Å². The van der Waals surface area contributed by atoms with E-state index < -0.39 is 0 Å². The highest BCUT2D eigenvalue weighted by Gasteiger charge is 2.17. The number of allylic oxidation sites excluding steroid dienone is 2. The molecule has 1 aromatic carbocycles. The number of halogens is 1. The molecule has 0 aliphatic heterocycles.